The Morgan fingerprint density at radius 1 is 1.38 bits per heavy atom. The first-order chi connectivity index (χ1) is 7.49. The van der Waals surface area contributed by atoms with Crippen LogP contribution in [0.15, 0.2) is 24.3 Å². The summed E-state index contributed by atoms with van der Waals surface area (Å²) in [4.78, 5) is 2.41. The highest BCUT2D eigenvalue weighted by molar-refractivity contribution is 5.51. The van der Waals surface area contributed by atoms with Crippen molar-refractivity contribution in [2.45, 2.75) is 45.3 Å². The Morgan fingerprint density at radius 3 is 2.75 bits per heavy atom. The molecule has 1 aliphatic rings. The van der Waals surface area contributed by atoms with Crippen LogP contribution in [-0.4, -0.2) is 23.3 Å². The van der Waals surface area contributed by atoms with E-state index in [1.165, 1.54) is 11.3 Å². The predicted octanol–water partition coefficient (Wildman–Crippen LogP) is 2.73. The lowest BCUT2D eigenvalue weighted by Gasteiger charge is -2.46. The molecule has 0 amide bonds. The molecule has 0 radical (unpaired) electrons. The summed E-state index contributed by atoms with van der Waals surface area (Å²) < 4.78 is 0. The fourth-order valence-electron chi connectivity index (χ4n) is 2.64. The van der Waals surface area contributed by atoms with Gasteiger partial charge in [-0.3, -0.25) is 0 Å². The van der Waals surface area contributed by atoms with Gasteiger partial charge in [0, 0.05) is 17.8 Å². The standard InChI is InChI=1S/C14H21NO/c1-11-5-4-6-12(9-11)15-8-7-13(16)10-14(15,2)3/h4-6,9,13,16H,7-8,10H2,1-3H3. The van der Waals surface area contributed by atoms with E-state index in [2.05, 4.69) is 49.9 Å². The molecule has 2 nitrogen and oxygen atoms in total. The Morgan fingerprint density at radius 2 is 2.12 bits per heavy atom. The molecule has 1 aliphatic heterocycles. The molecule has 0 aliphatic carbocycles. The lowest BCUT2D eigenvalue weighted by Crippen LogP contribution is -2.51. The number of rotatable bonds is 1. The minimum absolute atomic E-state index is 0.0471. The minimum atomic E-state index is -0.143. The Kier molecular flexibility index (Phi) is 2.94. The highest BCUT2D eigenvalue weighted by Crippen LogP contribution is 2.32. The van der Waals surface area contributed by atoms with Crippen molar-refractivity contribution in [2.24, 2.45) is 0 Å². The summed E-state index contributed by atoms with van der Waals surface area (Å²) in [7, 11) is 0. The van der Waals surface area contributed by atoms with Crippen LogP contribution in [0, 0.1) is 6.92 Å². The zero-order valence-corrected chi connectivity index (χ0v) is 10.4. The normalized spacial score (nSPS) is 24.5. The van der Waals surface area contributed by atoms with Crippen molar-refractivity contribution >= 4 is 5.69 Å². The Balaban J connectivity index is 2.27. The maximum absolute atomic E-state index is 9.74. The van der Waals surface area contributed by atoms with Gasteiger partial charge in [0.05, 0.1) is 6.10 Å². The number of piperidine rings is 1. The Hall–Kier alpha value is -1.02. The average Bonchev–Trinajstić information content (AvgIpc) is 2.15. The van der Waals surface area contributed by atoms with Gasteiger partial charge in [-0.2, -0.15) is 0 Å². The van der Waals surface area contributed by atoms with Crippen molar-refractivity contribution in [2.75, 3.05) is 11.4 Å². The fourth-order valence-corrected chi connectivity index (χ4v) is 2.64. The van der Waals surface area contributed by atoms with E-state index in [1.807, 2.05) is 0 Å². The molecule has 0 saturated carbocycles. The molecule has 1 aromatic carbocycles. The van der Waals surface area contributed by atoms with Crippen molar-refractivity contribution in [3.63, 3.8) is 0 Å². The number of benzene rings is 1. The van der Waals surface area contributed by atoms with Crippen molar-refractivity contribution in [1.82, 2.24) is 0 Å². The smallest absolute Gasteiger partial charge is 0.0579 e. The van der Waals surface area contributed by atoms with Crippen molar-refractivity contribution in [3.8, 4) is 0 Å². The summed E-state index contributed by atoms with van der Waals surface area (Å²) in [5.41, 5.74) is 2.61. The van der Waals surface area contributed by atoms with E-state index in [0.717, 1.165) is 19.4 Å². The molecule has 1 heterocycles. The zero-order valence-electron chi connectivity index (χ0n) is 10.4. The number of aryl methyl sites for hydroxylation is 1. The Bertz CT molecular complexity index is 373. The van der Waals surface area contributed by atoms with Gasteiger partial charge in [-0.05, 0) is 51.3 Å². The summed E-state index contributed by atoms with van der Waals surface area (Å²) in [6, 6.07) is 8.60. The van der Waals surface area contributed by atoms with Crippen LogP contribution in [0.2, 0.25) is 0 Å². The van der Waals surface area contributed by atoms with Gasteiger partial charge in [-0.1, -0.05) is 12.1 Å². The molecular formula is C14H21NO. The number of anilines is 1. The lowest BCUT2D eigenvalue weighted by atomic mass is 9.88. The summed E-state index contributed by atoms with van der Waals surface area (Å²) in [5.74, 6) is 0. The van der Waals surface area contributed by atoms with Crippen LogP contribution in [0.25, 0.3) is 0 Å². The highest BCUT2D eigenvalue weighted by atomic mass is 16.3. The van der Waals surface area contributed by atoms with Gasteiger partial charge < -0.3 is 10.0 Å². The van der Waals surface area contributed by atoms with E-state index in [1.54, 1.807) is 0 Å². The zero-order chi connectivity index (χ0) is 11.8. The molecular weight excluding hydrogens is 198 g/mol. The largest absolute Gasteiger partial charge is 0.393 e. The number of aliphatic hydroxyl groups is 1. The van der Waals surface area contributed by atoms with Crippen LogP contribution in [0.4, 0.5) is 5.69 Å². The van der Waals surface area contributed by atoms with Gasteiger partial charge in [-0.15, -0.1) is 0 Å². The van der Waals surface area contributed by atoms with E-state index >= 15 is 0 Å². The second-order valence-electron chi connectivity index (χ2n) is 5.45. The molecule has 88 valence electrons. The molecule has 16 heavy (non-hydrogen) atoms. The molecule has 2 rings (SSSR count). The van der Waals surface area contributed by atoms with E-state index < -0.39 is 0 Å². The first-order valence-corrected chi connectivity index (χ1v) is 6.01. The van der Waals surface area contributed by atoms with E-state index in [0.29, 0.717) is 0 Å². The summed E-state index contributed by atoms with van der Waals surface area (Å²) in [6.07, 6.45) is 1.58. The van der Waals surface area contributed by atoms with E-state index in [9.17, 15) is 5.11 Å². The number of hydrogen-bond acceptors (Lipinski definition) is 2. The first-order valence-electron chi connectivity index (χ1n) is 6.01. The van der Waals surface area contributed by atoms with Crippen molar-refractivity contribution in [1.29, 1.82) is 0 Å². The number of hydrogen-bond donors (Lipinski definition) is 1. The first kappa shape index (κ1) is 11.5. The number of aliphatic hydroxyl groups excluding tert-OH is 1. The molecule has 1 atom stereocenters. The number of nitrogens with zero attached hydrogens (tertiary/aromatic N) is 1. The van der Waals surface area contributed by atoms with Gasteiger partial charge >= 0.3 is 0 Å². The van der Waals surface area contributed by atoms with E-state index in [4.69, 9.17) is 0 Å². The topological polar surface area (TPSA) is 23.5 Å². The van der Waals surface area contributed by atoms with Gasteiger partial charge in [0.25, 0.3) is 0 Å². The second kappa shape index (κ2) is 4.10. The summed E-state index contributed by atoms with van der Waals surface area (Å²) >= 11 is 0. The maximum atomic E-state index is 9.74. The second-order valence-corrected chi connectivity index (χ2v) is 5.45. The van der Waals surface area contributed by atoms with E-state index in [-0.39, 0.29) is 11.6 Å². The quantitative estimate of drug-likeness (QED) is 0.785. The van der Waals surface area contributed by atoms with Gasteiger partial charge in [0.15, 0.2) is 0 Å². The van der Waals surface area contributed by atoms with Crippen LogP contribution >= 0.6 is 0 Å². The SMILES string of the molecule is Cc1cccc(N2CCC(O)CC2(C)C)c1. The minimum Gasteiger partial charge on any atom is -0.393 e. The maximum Gasteiger partial charge on any atom is 0.0579 e. The Labute approximate surface area is 97.9 Å². The third-order valence-corrected chi connectivity index (χ3v) is 3.47. The summed E-state index contributed by atoms with van der Waals surface area (Å²) in [5, 5.41) is 9.74. The third-order valence-electron chi connectivity index (χ3n) is 3.47. The molecule has 1 aromatic rings. The molecule has 1 saturated heterocycles. The fraction of sp³-hybridized carbons (Fsp3) is 0.571. The average molecular weight is 219 g/mol. The molecule has 2 heteroatoms. The molecule has 0 spiro atoms. The lowest BCUT2D eigenvalue weighted by molar-refractivity contribution is 0.107. The van der Waals surface area contributed by atoms with Gasteiger partial charge in [0.1, 0.15) is 0 Å². The molecule has 1 fully saturated rings. The highest BCUT2D eigenvalue weighted by Gasteiger charge is 2.33. The van der Waals surface area contributed by atoms with Gasteiger partial charge in [-0.25, -0.2) is 0 Å². The van der Waals surface area contributed by atoms with Crippen LogP contribution in [-0.2, 0) is 0 Å². The van der Waals surface area contributed by atoms with Crippen LogP contribution in [0.5, 0.6) is 0 Å². The predicted molar refractivity (Wildman–Crippen MR) is 67.8 cm³/mol. The molecule has 1 unspecified atom stereocenters. The third kappa shape index (κ3) is 2.22. The molecule has 0 aromatic heterocycles. The summed E-state index contributed by atoms with van der Waals surface area (Å²) in [6.45, 7) is 7.47. The van der Waals surface area contributed by atoms with Crippen molar-refractivity contribution < 1.29 is 5.11 Å². The molecule has 0 bridgehead atoms. The van der Waals surface area contributed by atoms with Crippen LogP contribution < -0.4 is 4.90 Å². The van der Waals surface area contributed by atoms with Gasteiger partial charge in [0.2, 0.25) is 0 Å². The van der Waals surface area contributed by atoms with Crippen LogP contribution in [0.1, 0.15) is 32.3 Å². The molecule has 1 N–H and O–H groups in total. The van der Waals surface area contributed by atoms with Crippen molar-refractivity contribution in [3.05, 3.63) is 29.8 Å². The monoisotopic (exact) mass is 219 g/mol. The van der Waals surface area contributed by atoms with Crippen LogP contribution in [0.3, 0.4) is 0 Å².